The summed E-state index contributed by atoms with van der Waals surface area (Å²) in [6.07, 6.45) is 2.15. The minimum atomic E-state index is -0.407. The van der Waals surface area contributed by atoms with E-state index in [2.05, 4.69) is 11.8 Å². The Morgan fingerprint density at radius 2 is 2.11 bits per heavy atom. The van der Waals surface area contributed by atoms with Crippen molar-refractivity contribution in [2.45, 2.75) is 25.9 Å². The van der Waals surface area contributed by atoms with E-state index in [1.165, 1.54) is 12.8 Å². The first kappa shape index (κ1) is 16.3. The lowest BCUT2D eigenvalue weighted by Crippen LogP contribution is -2.41. The van der Waals surface area contributed by atoms with E-state index in [9.17, 15) is 5.11 Å². The summed E-state index contributed by atoms with van der Waals surface area (Å²) in [7, 11) is 0. The average Bonchev–Trinajstić information content (AvgIpc) is 2.38. The number of aliphatic hydroxyl groups excluding tert-OH is 1. The first-order chi connectivity index (χ1) is 8.74. The smallest absolute Gasteiger partial charge is 0.119 e. The highest BCUT2D eigenvalue weighted by Crippen LogP contribution is 2.15. The van der Waals surface area contributed by atoms with Crippen LogP contribution >= 0.6 is 12.4 Å². The zero-order chi connectivity index (χ0) is 12.8. The van der Waals surface area contributed by atoms with E-state index in [0.29, 0.717) is 6.61 Å². The molecule has 1 aliphatic heterocycles. The Balaban J connectivity index is 0.00000180. The van der Waals surface area contributed by atoms with E-state index in [4.69, 9.17) is 4.74 Å². The van der Waals surface area contributed by atoms with Crippen LogP contribution < -0.4 is 4.74 Å². The number of ether oxygens (including phenoxy) is 1. The van der Waals surface area contributed by atoms with Crippen LogP contribution in [0.25, 0.3) is 0 Å². The molecule has 1 N–H and O–H groups in total. The lowest BCUT2D eigenvalue weighted by Gasteiger charge is -2.32. The van der Waals surface area contributed by atoms with Gasteiger partial charge in [-0.15, -0.1) is 12.4 Å². The summed E-state index contributed by atoms with van der Waals surface area (Å²) in [4.78, 5) is 2.34. The molecule has 1 aromatic carbocycles. The maximum atomic E-state index is 9.98. The molecule has 2 atom stereocenters. The molecule has 1 aliphatic rings. The Morgan fingerprint density at radius 1 is 1.37 bits per heavy atom. The van der Waals surface area contributed by atoms with Gasteiger partial charge >= 0.3 is 0 Å². The largest absolute Gasteiger partial charge is 0.491 e. The molecule has 1 aromatic rings. The summed E-state index contributed by atoms with van der Waals surface area (Å²) in [5, 5.41) is 9.98. The van der Waals surface area contributed by atoms with Crippen molar-refractivity contribution in [3.8, 4) is 5.75 Å². The summed E-state index contributed by atoms with van der Waals surface area (Å²) >= 11 is 0. The first-order valence-electron chi connectivity index (χ1n) is 6.82. The van der Waals surface area contributed by atoms with Gasteiger partial charge in [0.25, 0.3) is 0 Å². The minimum absolute atomic E-state index is 0. The zero-order valence-electron chi connectivity index (χ0n) is 11.5. The minimum Gasteiger partial charge on any atom is -0.491 e. The Bertz CT molecular complexity index is 347. The third-order valence-electron chi connectivity index (χ3n) is 3.40. The molecular formula is C15H24ClNO2. The van der Waals surface area contributed by atoms with Crippen molar-refractivity contribution in [2.24, 2.45) is 5.92 Å². The molecule has 2 unspecified atom stereocenters. The van der Waals surface area contributed by atoms with Crippen molar-refractivity contribution in [3.63, 3.8) is 0 Å². The number of para-hydroxylation sites is 1. The molecule has 108 valence electrons. The molecule has 0 bridgehead atoms. The third-order valence-corrected chi connectivity index (χ3v) is 3.40. The number of rotatable bonds is 5. The van der Waals surface area contributed by atoms with Gasteiger partial charge in [0.15, 0.2) is 0 Å². The highest BCUT2D eigenvalue weighted by Gasteiger charge is 2.18. The van der Waals surface area contributed by atoms with Crippen molar-refractivity contribution in [2.75, 3.05) is 26.2 Å². The molecule has 1 saturated heterocycles. The molecule has 1 fully saturated rings. The van der Waals surface area contributed by atoms with Crippen molar-refractivity contribution >= 4 is 12.4 Å². The van der Waals surface area contributed by atoms with Gasteiger partial charge in [-0.25, -0.2) is 0 Å². The lowest BCUT2D eigenvalue weighted by atomic mass is 10.0. The number of piperidine rings is 1. The van der Waals surface area contributed by atoms with Crippen LogP contribution in [0.4, 0.5) is 0 Å². The van der Waals surface area contributed by atoms with Crippen LogP contribution in [0.3, 0.4) is 0 Å². The fourth-order valence-electron chi connectivity index (χ4n) is 2.51. The van der Waals surface area contributed by atoms with Crippen LogP contribution in [0.15, 0.2) is 30.3 Å². The van der Waals surface area contributed by atoms with Gasteiger partial charge in [0.2, 0.25) is 0 Å². The van der Waals surface area contributed by atoms with Gasteiger partial charge in [0.05, 0.1) is 0 Å². The van der Waals surface area contributed by atoms with Crippen molar-refractivity contribution < 1.29 is 9.84 Å². The molecule has 0 amide bonds. The van der Waals surface area contributed by atoms with Gasteiger partial charge in [-0.3, -0.25) is 0 Å². The number of hydrogen-bond donors (Lipinski definition) is 1. The standard InChI is InChI=1S/C15H23NO2.ClH/c1-13-6-5-9-16(10-13)11-14(17)12-18-15-7-3-2-4-8-15;/h2-4,7-8,13-14,17H,5-6,9-12H2,1H3;1H. The molecule has 0 radical (unpaired) electrons. The van der Waals surface area contributed by atoms with E-state index in [-0.39, 0.29) is 12.4 Å². The number of hydrogen-bond acceptors (Lipinski definition) is 3. The fraction of sp³-hybridized carbons (Fsp3) is 0.600. The van der Waals surface area contributed by atoms with Gasteiger partial charge in [0.1, 0.15) is 18.5 Å². The molecule has 0 saturated carbocycles. The van der Waals surface area contributed by atoms with Gasteiger partial charge in [-0.2, -0.15) is 0 Å². The third kappa shape index (κ3) is 5.81. The topological polar surface area (TPSA) is 32.7 Å². The maximum Gasteiger partial charge on any atom is 0.119 e. The summed E-state index contributed by atoms with van der Waals surface area (Å²) in [5.41, 5.74) is 0. The van der Waals surface area contributed by atoms with Gasteiger partial charge in [-0.1, -0.05) is 25.1 Å². The quantitative estimate of drug-likeness (QED) is 0.903. The summed E-state index contributed by atoms with van der Waals surface area (Å²) in [5.74, 6) is 1.57. The molecule has 2 rings (SSSR count). The number of likely N-dealkylation sites (tertiary alicyclic amines) is 1. The summed E-state index contributed by atoms with van der Waals surface area (Å²) < 4.78 is 5.56. The van der Waals surface area contributed by atoms with Crippen LogP contribution in [-0.4, -0.2) is 42.4 Å². The monoisotopic (exact) mass is 285 g/mol. The lowest BCUT2D eigenvalue weighted by molar-refractivity contribution is 0.0537. The van der Waals surface area contributed by atoms with E-state index in [1.807, 2.05) is 30.3 Å². The second kappa shape index (κ2) is 8.41. The van der Waals surface area contributed by atoms with E-state index >= 15 is 0 Å². The van der Waals surface area contributed by atoms with E-state index in [0.717, 1.165) is 31.3 Å². The maximum absolute atomic E-state index is 9.98. The molecule has 1 heterocycles. The normalized spacial score (nSPS) is 21.5. The first-order valence-corrected chi connectivity index (χ1v) is 6.82. The number of halogens is 1. The number of β-amino-alcohol motifs (C(OH)–C–C–N with tert-alkyl or cyclic N) is 1. The SMILES string of the molecule is CC1CCCN(CC(O)COc2ccccc2)C1.Cl. The van der Waals surface area contributed by atoms with Crippen LogP contribution in [0, 0.1) is 5.92 Å². The average molecular weight is 286 g/mol. The molecule has 0 aliphatic carbocycles. The molecular weight excluding hydrogens is 262 g/mol. The Kier molecular flexibility index (Phi) is 7.21. The fourth-order valence-corrected chi connectivity index (χ4v) is 2.51. The van der Waals surface area contributed by atoms with Crippen molar-refractivity contribution in [3.05, 3.63) is 30.3 Å². The van der Waals surface area contributed by atoms with Crippen molar-refractivity contribution in [1.82, 2.24) is 4.90 Å². The summed E-state index contributed by atoms with van der Waals surface area (Å²) in [6, 6.07) is 9.66. The van der Waals surface area contributed by atoms with Crippen molar-refractivity contribution in [1.29, 1.82) is 0 Å². The van der Waals surface area contributed by atoms with E-state index in [1.54, 1.807) is 0 Å². The Morgan fingerprint density at radius 3 is 2.79 bits per heavy atom. The van der Waals surface area contributed by atoms with Gasteiger partial charge in [-0.05, 0) is 37.4 Å². The number of nitrogens with zero attached hydrogens (tertiary/aromatic N) is 1. The molecule has 0 aromatic heterocycles. The Hall–Kier alpha value is -0.770. The van der Waals surface area contributed by atoms with Crippen LogP contribution in [0.2, 0.25) is 0 Å². The van der Waals surface area contributed by atoms with Gasteiger partial charge in [0, 0.05) is 13.1 Å². The van der Waals surface area contributed by atoms with E-state index < -0.39 is 6.10 Å². The predicted octanol–water partition coefficient (Wildman–Crippen LogP) is 2.58. The number of benzene rings is 1. The van der Waals surface area contributed by atoms with Gasteiger partial charge < -0.3 is 14.7 Å². The second-order valence-electron chi connectivity index (χ2n) is 5.28. The molecule has 19 heavy (non-hydrogen) atoms. The molecule has 4 heteroatoms. The predicted molar refractivity (Wildman–Crippen MR) is 80.0 cm³/mol. The highest BCUT2D eigenvalue weighted by atomic mass is 35.5. The number of aliphatic hydroxyl groups is 1. The molecule has 0 spiro atoms. The van der Waals surface area contributed by atoms with Crippen LogP contribution in [0.5, 0.6) is 5.75 Å². The highest BCUT2D eigenvalue weighted by molar-refractivity contribution is 5.85. The second-order valence-corrected chi connectivity index (χ2v) is 5.28. The van der Waals surface area contributed by atoms with Crippen LogP contribution in [0.1, 0.15) is 19.8 Å². The molecule has 3 nitrogen and oxygen atoms in total. The van der Waals surface area contributed by atoms with Crippen LogP contribution in [-0.2, 0) is 0 Å². The summed E-state index contributed by atoms with van der Waals surface area (Å²) in [6.45, 7) is 5.57. The zero-order valence-corrected chi connectivity index (χ0v) is 12.3. The Labute approximate surface area is 122 Å².